The lowest BCUT2D eigenvalue weighted by molar-refractivity contribution is -0.131. The van der Waals surface area contributed by atoms with Gasteiger partial charge in [-0.3, -0.25) is 14.6 Å². The molecular weight excluding hydrogens is 358 g/mol. The Labute approximate surface area is 166 Å². The summed E-state index contributed by atoms with van der Waals surface area (Å²) in [4.78, 5) is 38.4. The lowest BCUT2D eigenvalue weighted by Gasteiger charge is -2.33. The van der Waals surface area contributed by atoms with Gasteiger partial charge >= 0.3 is 6.09 Å². The third-order valence-corrected chi connectivity index (χ3v) is 4.42. The fourth-order valence-electron chi connectivity index (χ4n) is 2.89. The number of hydrogen-bond acceptors (Lipinski definition) is 5. The fourth-order valence-corrected chi connectivity index (χ4v) is 2.89. The Bertz CT molecular complexity index is 763. The Morgan fingerprint density at radius 3 is 2.43 bits per heavy atom. The summed E-state index contributed by atoms with van der Waals surface area (Å²) in [7, 11) is 1.65. The van der Waals surface area contributed by atoms with E-state index in [1.807, 2.05) is 31.2 Å². The zero-order valence-electron chi connectivity index (χ0n) is 17.2. The van der Waals surface area contributed by atoms with Gasteiger partial charge in [-0.15, -0.1) is 0 Å². The molecule has 7 heteroatoms. The van der Waals surface area contributed by atoms with Crippen LogP contribution < -0.4 is 5.43 Å². The number of ether oxygens (including phenoxy) is 1. The van der Waals surface area contributed by atoms with Gasteiger partial charge in [0.1, 0.15) is 11.9 Å². The number of carbonyl (C=O) groups is 3. The molecule has 0 bridgehead atoms. The first kappa shape index (κ1) is 21.6. The number of benzene rings is 1. The molecule has 1 aromatic carbocycles. The topological polar surface area (TPSA) is 79.0 Å². The van der Waals surface area contributed by atoms with Crippen LogP contribution in [-0.4, -0.2) is 53.9 Å². The molecular formula is C21H29N3O4. The van der Waals surface area contributed by atoms with Crippen LogP contribution in [0.3, 0.4) is 0 Å². The number of amides is 2. The van der Waals surface area contributed by atoms with Gasteiger partial charge in [0, 0.05) is 24.7 Å². The second kappa shape index (κ2) is 9.01. The lowest BCUT2D eigenvalue weighted by Crippen LogP contribution is -2.47. The van der Waals surface area contributed by atoms with Crippen LogP contribution in [0.1, 0.15) is 38.3 Å². The van der Waals surface area contributed by atoms with E-state index in [1.54, 1.807) is 27.8 Å². The molecule has 0 saturated heterocycles. The summed E-state index contributed by atoms with van der Waals surface area (Å²) in [5.41, 5.74) is 5.10. The lowest BCUT2D eigenvalue weighted by atomic mass is 10.00. The highest BCUT2D eigenvalue weighted by molar-refractivity contribution is 6.00. The predicted octanol–water partition coefficient (Wildman–Crippen LogP) is 2.59. The summed E-state index contributed by atoms with van der Waals surface area (Å²) in [6, 6.07) is 7.87. The van der Waals surface area contributed by atoms with E-state index in [1.165, 1.54) is 9.91 Å². The summed E-state index contributed by atoms with van der Waals surface area (Å²) in [5.74, 6) is -0.321. The maximum Gasteiger partial charge on any atom is 0.410 e. The van der Waals surface area contributed by atoms with Gasteiger partial charge in [0.15, 0.2) is 0 Å². The fraction of sp³-hybridized carbons (Fsp3) is 0.476. The van der Waals surface area contributed by atoms with E-state index in [2.05, 4.69) is 5.43 Å². The smallest absolute Gasteiger partial charge is 0.410 e. The molecule has 0 spiro atoms. The molecule has 1 aliphatic rings. The molecule has 1 N–H and O–H groups in total. The summed E-state index contributed by atoms with van der Waals surface area (Å²) < 4.78 is 5.40. The average Bonchev–Trinajstić information content (AvgIpc) is 2.65. The van der Waals surface area contributed by atoms with Crippen molar-refractivity contribution in [3.05, 3.63) is 46.5 Å². The Balaban J connectivity index is 2.18. The second-order valence-electron chi connectivity index (χ2n) is 7.87. The number of nitrogens with zero attached hydrogens (tertiary/aromatic N) is 2. The number of aldehydes is 1. The van der Waals surface area contributed by atoms with Gasteiger partial charge in [0.25, 0.3) is 5.91 Å². The second-order valence-corrected chi connectivity index (χ2v) is 7.87. The Hall–Kier alpha value is -2.67. The third kappa shape index (κ3) is 5.66. The molecule has 0 atom stereocenters. The Morgan fingerprint density at radius 2 is 1.89 bits per heavy atom. The van der Waals surface area contributed by atoms with Crippen LogP contribution >= 0.6 is 0 Å². The van der Waals surface area contributed by atoms with Crippen molar-refractivity contribution in [3.63, 3.8) is 0 Å². The molecule has 0 aliphatic carbocycles. The molecule has 0 saturated carbocycles. The predicted molar refractivity (Wildman–Crippen MR) is 106 cm³/mol. The van der Waals surface area contributed by atoms with E-state index >= 15 is 0 Å². The molecule has 0 unspecified atom stereocenters. The van der Waals surface area contributed by atoms with Crippen molar-refractivity contribution in [2.24, 2.45) is 0 Å². The van der Waals surface area contributed by atoms with E-state index in [-0.39, 0.29) is 12.5 Å². The summed E-state index contributed by atoms with van der Waals surface area (Å²) in [6.07, 6.45) is 0.544. The van der Waals surface area contributed by atoms with Crippen molar-refractivity contribution >= 4 is 18.3 Å². The van der Waals surface area contributed by atoms with Gasteiger partial charge < -0.3 is 9.64 Å². The maximum atomic E-state index is 13.1. The van der Waals surface area contributed by atoms with Gasteiger partial charge in [-0.2, -0.15) is 0 Å². The first-order valence-electron chi connectivity index (χ1n) is 9.34. The molecule has 28 heavy (non-hydrogen) atoms. The van der Waals surface area contributed by atoms with Crippen LogP contribution in [0.15, 0.2) is 35.4 Å². The van der Waals surface area contributed by atoms with Gasteiger partial charge in [-0.05, 0) is 39.7 Å². The molecule has 1 aromatic rings. The highest BCUT2D eigenvalue weighted by Crippen LogP contribution is 2.21. The van der Waals surface area contributed by atoms with Crippen LogP contribution in [0.4, 0.5) is 4.79 Å². The Morgan fingerprint density at radius 1 is 1.25 bits per heavy atom. The number of hydrogen-bond donors (Lipinski definition) is 1. The summed E-state index contributed by atoms with van der Waals surface area (Å²) in [6.45, 7) is 8.11. The molecule has 0 fully saturated rings. The molecule has 152 valence electrons. The number of aryl methyl sites for hydroxylation is 1. The van der Waals surface area contributed by atoms with Crippen molar-refractivity contribution in [2.45, 2.75) is 46.3 Å². The van der Waals surface area contributed by atoms with Gasteiger partial charge in [-0.25, -0.2) is 10.2 Å². The molecule has 2 rings (SSSR count). The molecule has 1 aliphatic heterocycles. The quantitative estimate of drug-likeness (QED) is 0.621. The van der Waals surface area contributed by atoms with E-state index < -0.39 is 11.7 Å². The minimum atomic E-state index is -0.627. The van der Waals surface area contributed by atoms with Gasteiger partial charge in [-0.1, -0.05) is 29.8 Å². The SMILES string of the molecule is CNN(Cc1ccc(C)cc1)C(=O)C1=C(C=O)CCN(C(=O)OC(C)(C)C)C1. The monoisotopic (exact) mass is 387 g/mol. The number of rotatable bonds is 5. The van der Waals surface area contributed by atoms with E-state index in [0.29, 0.717) is 36.9 Å². The van der Waals surface area contributed by atoms with Crippen molar-refractivity contribution in [3.8, 4) is 0 Å². The largest absolute Gasteiger partial charge is 0.444 e. The summed E-state index contributed by atoms with van der Waals surface area (Å²) >= 11 is 0. The number of hydrazine groups is 1. The number of nitrogens with one attached hydrogen (secondary N) is 1. The van der Waals surface area contributed by atoms with Crippen LogP contribution in [-0.2, 0) is 20.9 Å². The standard InChI is InChI=1S/C21H29N3O4/c1-15-6-8-16(9-7-15)12-24(22-5)19(26)18-13-23(11-10-17(18)14-25)20(27)28-21(2,3)4/h6-9,14,22H,10-13H2,1-5H3. The summed E-state index contributed by atoms with van der Waals surface area (Å²) in [5, 5.41) is 1.45. The number of carbonyl (C=O) groups excluding carboxylic acids is 3. The molecule has 1 heterocycles. The van der Waals surface area contributed by atoms with Crippen LogP contribution in [0.5, 0.6) is 0 Å². The normalized spacial score (nSPS) is 14.7. The van der Waals surface area contributed by atoms with Crippen molar-refractivity contribution < 1.29 is 19.1 Å². The van der Waals surface area contributed by atoms with Crippen LogP contribution in [0, 0.1) is 6.92 Å². The van der Waals surface area contributed by atoms with Gasteiger partial charge in [0.05, 0.1) is 13.1 Å². The molecule has 0 aromatic heterocycles. The first-order valence-corrected chi connectivity index (χ1v) is 9.34. The van der Waals surface area contributed by atoms with Crippen molar-refractivity contribution in [2.75, 3.05) is 20.1 Å². The highest BCUT2D eigenvalue weighted by atomic mass is 16.6. The van der Waals surface area contributed by atoms with Crippen LogP contribution in [0.25, 0.3) is 0 Å². The zero-order chi connectivity index (χ0) is 20.9. The molecule has 0 radical (unpaired) electrons. The van der Waals surface area contributed by atoms with E-state index in [0.717, 1.165) is 11.1 Å². The first-order chi connectivity index (χ1) is 13.1. The minimum Gasteiger partial charge on any atom is -0.444 e. The average molecular weight is 387 g/mol. The third-order valence-electron chi connectivity index (χ3n) is 4.42. The van der Waals surface area contributed by atoms with E-state index in [9.17, 15) is 14.4 Å². The van der Waals surface area contributed by atoms with Crippen molar-refractivity contribution in [1.82, 2.24) is 15.3 Å². The van der Waals surface area contributed by atoms with Crippen molar-refractivity contribution in [1.29, 1.82) is 0 Å². The Kier molecular flexibility index (Phi) is 6.96. The van der Waals surface area contributed by atoms with Crippen LogP contribution in [0.2, 0.25) is 0 Å². The van der Waals surface area contributed by atoms with Gasteiger partial charge in [0.2, 0.25) is 0 Å². The maximum absolute atomic E-state index is 13.1. The van der Waals surface area contributed by atoms with E-state index in [4.69, 9.17) is 4.74 Å². The minimum absolute atomic E-state index is 0.0495. The zero-order valence-corrected chi connectivity index (χ0v) is 17.2. The molecule has 2 amide bonds. The molecule has 7 nitrogen and oxygen atoms in total. The highest BCUT2D eigenvalue weighted by Gasteiger charge is 2.31.